The molecule has 0 aliphatic heterocycles. The van der Waals surface area contributed by atoms with E-state index in [2.05, 4.69) is 30.4 Å². The molecule has 0 atom stereocenters. The molecule has 17 heavy (non-hydrogen) atoms. The van der Waals surface area contributed by atoms with Gasteiger partial charge in [0.05, 0.1) is 6.10 Å². The molecule has 1 fully saturated rings. The van der Waals surface area contributed by atoms with E-state index in [1.54, 1.807) is 0 Å². The zero-order chi connectivity index (χ0) is 12.1. The molecule has 0 amide bonds. The lowest BCUT2D eigenvalue weighted by Gasteiger charge is -2.24. The van der Waals surface area contributed by atoms with Crippen LogP contribution in [0, 0.1) is 6.92 Å². The summed E-state index contributed by atoms with van der Waals surface area (Å²) in [6.45, 7) is 3.01. The Labute approximate surface area is 104 Å². The largest absolute Gasteiger partial charge is 0.490 e. The lowest BCUT2D eigenvalue weighted by Crippen LogP contribution is -2.21. The fourth-order valence-electron chi connectivity index (χ4n) is 2.51. The van der Waals surface area contributed by atoms with Crippen molar-refractivity contribution in [2.24, 2.45) is 0 Å². The van der Waals surface area contributed by atoms with Gasteiger partial charge in [-0.25, -0.2) is 0 Å². The second kappa shape index (κ2) is 6.06. The number of hydrogen-bond acceptors (Lipinski definition) is 2. The number of rotatable bonds is 4. The van der Waals surface area contributed by atoms with Crippen molar-refractivity contribution >= 4 is 0 Å². The fraction of sp³-hybridized carbons (Fsp3) is 0.600. The molecule has 0 unspecified atom stereocenters. The lowest BCUT2D eigenvalue weighted by atomic mass is 9.97. The Balaban J connectivity index is 2.07. The molecule has 2 heteroatoms. The molecule has 1 aliphatic rings. The highest BCUT2D eigenvalue weighted by Gasteiger charge is 2.16. The molecule has 0 heterocycles. The number of hydrogen-bond donors (Lipinski definition) is 1. The number of ether oxygens (including phenoxy) is 1. The van der Waals surface area contributed by atoms with Crippen molar-refractivity contribution in [2.45, 2.75) is 51.7 Å². The van der Waals surface area contributed by atoms with Crippen molar-refractivity contribution in [1.29, 1.82) is 0 Å². The fourth-order valence-corrected chi connectivity index (χ4v) is 2.51. The van der Waals surface area contributed by atoms with Crippen LogP contribution < -0.4 is 10.1 Å². The molecule has 1 N–H and O–H groups in total. The van der Waals surface area contributed by atoms with Crippen LogP contribution in [0.15, 0.2) is 18.2 Å². The topological polar surface area (TPSA) is 21.3 Å². The van der Waals surface area contributed by atoms with E-state index < -0.39 is 0 Å². The van der Waals surface area contributed by atoms with Crippen molar-refractivity contribution in [1.82, 2.24) is 5.32 Å². The predicted molar refractivity (Wildman–Crippen MR) is 71.4 cm³/mol. The maximum absolute atomic E-state index is 6.15. The number of aryl methyl sites for hydroxylation is 1. The number of benzene rings is 1. The summed E-state index contributed by atoms with van der Waals surface area (Å²) in [6.07, 6.45) is 6.87. The summed E-state index contributed by atoms with van der Waals surface area (Å²) >= 11 is 0. The Morgan fingerprint density at radius 2 is 2.00 bits per heavy atom. The van der Waals surface area contributed by atoms with Crippen LogP contribution in [0.25, 0.3) is 0 Å². The smallest absolute Gasteiger partial charge is 0.124 e. The first-order chi connectivity index (χ1) is 8.29. The maximum atomic E-state index is 6.15. The second-order valence-electron chi connectivity index (χ2n) is 5.02. The molecule has 94 valence electrons. The molecule has 2 nitrogen and oxygen atoms in total. The Morgan fingerprint density at radius 3 is 2.71 bits per heavy atom. The van der Waals surface area contributed by atoms with E-state index in [4.69, 9.17) is 4.74 Å². The van der Waals surface area contributed by atoms with Gasteiger partial charge in [-0.15, -0.1) is 0 Å². The SMILES string of the molecule is CNCc1cc(C)ccc1OC1CCCCC1. The lowest BCUT2D eigenvalue weighted by molar-refractivity contribution is 0.153. The molecule has 2 rings (SSSR count). The normalized spacial score (nSPS) is 17.1. The third-order valence-electron chi connectivity index (χ3n) is 3.43. The van der Waals surface area contributed by atoms with Crippen LogP contribution in [-0.2, 0) is 6.54 Å². The zero-order valence-corrected chi connectivity index (χ0v) is 11.0. The Hall–Kier alpha value is -1.02. The van der Waals surface area contributed by atoms with Crippen LogP contribution in [0.5, 0.6) is 5.75 Å². The summed E-state index contributed by atoms with van der Waals surface area (Å²) < 4.78 is 6.15. The molecule has 0 aromatic heterocycles. The maximum Gasteiger partial charge on any atom is 0.124 e. The molecule has 0 spiro atoms. The van der Waals surface area contributed by atoms with Gasteiger partial charge in [0.1, 0.15) is 5.75 Å². The van der Waals surface area contributed by atoms with Gasteiger partial charge in [-0.1, -0.05) is 24.1 Å². The average molecular weight is 233 g/mol. The highest BCUT2D eigenvalue weighted by molar-refractivity contribution is 5.37. The molecule has 0 radical (unpaired) electrons. The third kappa shape index (κ3) is 3.47. The standard InChI is InChI=1S/C15H23NO/c1-12-8-9-15(13(10-12)11-16-2)17-14-6-4-3-5-7-14/h8-10,14,16H,3-7,11H2,1-2H3. The molecule has 1 saturated carbocycles. The van der Waals surface area contributed by atoms with Gasteiger partial charge >= 0.3 is 0 Å². The van der Waals surface area contributed by atoms with Gasteiger partial charge in [0.2, 0.25) is 0 Å². The van der Waals surface area contributed by atoms with E-state index in [1.165, 1.54) is 43.2 Å². The predicted octanol–water partition coefficient (Wildman–Crippen LogP) is 3.43. The van der Waals surface area contributed by atoms with Crippen molar-refractivity contribution in [3.05, 3.63) is 29.3 Å². The van der Waals surface area contributed by atoms with Crippen LogP contribution in [0.1, 0.15) is 43.2 Å². The summed E-state index contributed by atoms with van der Waals surface area (Å²) in [6, 6.07) is 6.47. The van der Waals surface area contributed by atoms with E-state index >= 15 is 0 Å². The van der Waals surface area contributed by atoms with Crippen molar-refractivity contribution in [3.8, 4) is 5.75 Å². The molecule has 1 aromatic rings. The van der Waals surface area contributed by atoms with E-state index in [1.807, 2.05) is 7.05 Å². The first-order valence-electron chi connectivity index (χ1n) is 6.70. The highest BCUT2D eigenvalue weighted by atomic mass is 16.5. The average Bonchev–Trinajstić information content (AvgIpc) is 2.34. The van der Waals surface area contributed by atoms with Gasteiger partial charge in [0, 0.05) is 12.1 Å². The first-order valence-corrected chi connectivity index (χ1v) is 6.70. The highest BCUT2D eigenvalue weighted by Crippen LogP contribution is 2.26. The van der Waals surface area contributed by atoms with Gasteiger partial charge in [-0.2, -0.15) is 0 Å². The minimum absolute atomic E-state index is 0.432. The van der Waals surface area contributed by atoms with E-state index in [-0.39, 0.29) is 0 Å². The summed E-state index contributed by atoms with van der Waals surface area (Å²) in [5.74, 6) is 1.07. The summed E-state index contributed by atoms with van der Waals surface area (Å²) in [5, 5.41) is 3.21. The molecule has 1 aromatic carbocycles. The van der Waals surface area contributed by atoms with E-state index in [9.17, 15) is 0 Å². The van der Waals surface area contributed by atoms with Crippen molar-refractivity contribution in [3.63, 3.8) is 0 Å². The summed E-state index contributed by atoms with van der Waals surface area (Å²) in [5.41, 5.74) is 2.57. The number of nitrogens with one attached hydrogen (secondary N) is 1. The minimum atomic E-state index is 0.432. The molecular weight excluding hydrogens is 210 g/mol. The molecular formula is C15H23NO. The van der Waals surface area contributed by atoms with Gasteiger partial charge < -0.3 is 10.1 Å². The van der Waals surface area contributed by atoms with Crippen molar-refractivity contribution < 1.29 is 4.74 Å². The minimum Gasteiger partial charge on any atom is -0.490 e. The van der Waals surface area contributed by atoms with Crippen LogP contribution in [0.2, 0.25) is 0 Å². The van der Waals surface area contributed by atoms with Gasteiger partial charge in [0.15, 0.2) is 0 Å². The van der Waals surface area contributed by atoms with Crippen LogP contribution in [0.4, 0.5) is 0 Å². The van der Waals surface area contributed by atoms with Crippen LogP contribution >= 0.6 is 0 Å². The monoisotopic (exact) mass is 233 g/mol. The third-order valence-corrected chi connectivity index (χ3v) is 3.43. The molecule has 0 saturated heterocycles. The van der Waals surface area contributed by atoms with Crippen LogP contribution in [-0.4, -0.2) is 13.2 Å². The van der Waals surface area contributed by atoms with Gasteiger partial charge in [-0.3, -0.25) is 0 Å². The summed E-state index contributed by atoms with van der Waals surface area (Å²) in [7, 11) is 1.98. The van der Waals surface area contributed by atoms with Crippen molar-refractivity contribution in [2.75, 3.05) is 7.05 Å². The van der Waals surface area contributed by atoms with Crippen LogP contribution in [0.3, 0.4) is 0 Å². The summed E-state index contributed by atoms with van der Waals surface area (Å²) in [4.78, 5) is 0. The van der Waals surface area contributed by atoms with Gasteiger partial charge in [0.25, 0.3) is 0 Å². The van der Waals surface area contributed by atoms with Gasteiger partial charge in [-0.05, 0) is 45.7 Å². The Kier molecular flexibility index (Phi) is 4.43. The van der Waals surface area contributed by atoms with E-state index in [0.29, 0.717) is 6.10 Å². The van der Waals surface area contributed by atoms with E-state index in [0.717, 1.165) is 12.3 Å². The zero-order valence-electron chi connectivity index (χ0n) is 11.0. The Morgan fingerprint density at radius 1 is 1.24 bits per heavy atom. The molecule has 0 bridgehead atoms. The quantitative estimate of drug-likeness (QED) is 0.860. The molecule has 1 aliphatic carbocycles. The first kappa shape index (κ1) is 12.4. The Bertz CT molecular complexity index is 356. The second-order valence-corrected chi connectivity index (χ2v) is 5.02.